The maximum atomic E-state index is 13.7. The molecular formula is C28H33FN4O4. The molecule has 0 unspecified atom stereocenters. The van der Waals surface area contributed by atoms with Gasteiger partial charge in [0.2, 0.25) is 0 Å². The van der Waals surface area contributed by atoms with E-state index in [2.05, 4.69) is 22.1 Å². The predicted octanol–water partition coefficient (Wildman–Crippen LogP) is 3.55. The zero-order valence-electron chi connectivity index (χ0n) is 21.3. The second-order valence-electron chi connectivity index (χ2n) is 10.3. The quantitative estimate of drug-likeness (QED) is 0.507. The molecule has 1 saturated carbocycles. The van der Waals surface area contributed by atoms with Crippen LogP contribution in [0, 0.1) is 11.7 Å². The summed E-state index contributed by atoms with van der Waals surface area (Å²) in [5, 5.41) is 14.6. The molecule has 0 atom stereocenters. The van der Waals surface area contributed by atoms with Gasteiger partial charge in [0.15, 0.2) is 0 Å². The Kier molecular flexibility index (Phi) is 7.00. The maximum absolute atomic E-state index is 13.7. The molecule has 0 spiro atoms. The summed E-state index contributed by atoms with van der Waals surface area (Å²) in [6.07, 6.45) is 4.02. The van der Waals surface area contributed by atoms with E-state index in [-0.39, 0.29) is 22.7 Å². The third-order valence-corrected chi connectivity index (χ3v) is 7.76. The van der Waals surface area contributed by atoms with Gasteiger partial charge in [-0.15, -0.1) is 0 Å². The van der Waals surface area contributed by atoms with E-state index >= 15 is 0 Å². The molecule has 1 aliphatic heterocycles. The summed E-state index contributed by atoms with van der Waals surface area (Å²) in [4.78, 5) is 33.9. The standard InChI is InChI=1S/C28H33FN4O4/c1-3-28(15-18(2)16-28)31-26(35)23-24(34)22-14-20(19-4-6-21(29)7-5-19)17-30-25(22)33(27(23)36)9-8-32-10-12-37-13-11-32/h4-7,14,17-18,34H,3,8-13,15-16H2,1-2H3,(H,31,35). The summed E-state index contributed by atoms with van der Waals surface area (Å²) < 4.78 is 20.4. The summed E-state index contributed by atoms with van der Waals surface area (Å²) in [6, 6.07) is 7.66. The van der Waals surface area contributed by atoms with E-state index in [0.29, 0.717) is 54.4 Å². The van der Waals surface area contributed by atoms with Gasteiger partial charge in [-0.1, -0.05) is 26.0 Å². The molecule has 2 fully saturated rings. The lowest BCUT2D eigenvalue weighted by atomic mass is 9.67. The van der Waals surface area contributed by atoms with Crippen molar-refractivity contribution in [1.82, 2.24) is 19.8 Å². The SMILES string of the molecule is CCC1(NC(=O)c2c(O)c3cc(-c4ccc(F)cc4)cnc3n(CCN3CCOCC3)c2=O)CC(C)C1. The molecule has 196 valence electrons. The lowest BCUT2D eigenvalue weighted by Crippen LogP contribution is -2.57. The van der Waals surface area contributed by atoms with Crippen LogP contribution in [0.2, 0.25) is 0 Å². The highest BCUT2D eigenvalue weighted by Gasteiger charge is 2.42. The number of amides is 1. The Labute approximate surface area is 215 Å². The fraction of sp³-hybridized carbons (Fsp3) is 0.464. The zero-order chi connectivity index (χ0) is 26.2. The summed E-state index contributed by atoms with van der Waals surface area (Å²) in [6.45, 7) is 7.85. The molecule has 3 aromatic rings. The van der Waals surface area contributed by atoms with Crippen LogP contribution >= 0.6 is 0 Å². The summed E-state index contributed by atoms with van der Waals surface area (Å²) >= 11 is 0. The number of morpholine rings is 1. The zero-order valence-corrected chi connectivity index (χ0v) is 21.3. The van der Waals surface area contributed by atoms with Crippen molar-refractivity contribution < 1.29 is 19.0 Å². The molecule has 2 aliphatic rings. The predicted molar refractivity (Wildman–Crippen MR) is 139 cm³/mol. The van der Waals surface area contributed by atoms with Crippen molar-refractivity contribution >= 4 is 16.9 Å². The number of halogens is 1. The molecule has 0 bridgehead atoms. The smallest absolute Gasteiger partial charge is 0.268 e. The van der Waals surface area contributed by atoms with E-state index in [4.69, 9.17) is 4.74 Å². The van der Waals surface area contributed by atoms with Gasteiger partial charge >= 0.3 is 0 Å². The van der Waals surface area contributed by atoms with Gasteiger partial charge in [-0.3, -0.25) is 19.1 Å². The second kappa shape index (κ2) is 10.2. The van der Waals surface area contributed by atoms with Crippen LogP contribution in [0.15, 0.2) is 41.3 Å². The van der Waals surface area contributed by atoms with Gasteiger partial charge < -0.3 is 15.2 Å². The third-order valence-electron chi connectivity index (χ3n) is 7.76. The van der Waals surface area contributed by atoms with E-state index in [9.17, 15) is 19.1 Å². The van der Waals surface area contributed by atoms with Crippen molar-refractivity contribution in [1.29, 1.82) is 0 Å². The van der Waals surface area contributed by atoms with E-state index in [1.165, 1.54) is 16.7 Å². The van der Waals surface area contributed by atoms with E-state index in [0.717, 1.165) is 32.4 Å². The first kappa shape index (κ1) is 25.4. The number of pyridine rings is 2. The van der Waals surface area contributed by atoms with Crippen LogP contribution in [-0.2, 0) is 11.3 Å². The van der Waals surface area contributed by atoms with Gasteiger partial charge in [0, 0.05) is 43.5 Å². The van der Waals surface area contributed by atoms with Gasteiger partial charge in [-0.25, -0.2) is 9.37 Å². The lowest BCUT2D eigenvalue weighted by Gasteiger charge is -2.46. The minimum Gasteiger partial charge on any atom is -0.506 e. The topological polar surface area (TPSA) is 96.7 Å². The van der Waals surface area contributed by atoms with Gasteiger partial charge in [0.05, 0.1) is 18.6 Å². The highest BCUT2D eigenvalue weighted by Crippen LogP contribution is 2.40. The molecule has 5 rings (SSSR count). The Morgan fingerprint density at radius 1 is 1.19 bits per heavy atom. The molecule has 2 aromatic heterocycles. The van der Waals surface area contributed by atoms with Crippen LogP contribution in [0.5, 0.6) is 5.75 Å². The first-order chi connectivity index (χ1) is 17.8. The highest BCUT2D eigenvalue weighted by molar-refractivity contribution is 6.02. The minimum absolute atomic E-state index is 0.264. The number of hydrogen-bond acceptors (Lipinski definition) is 6. The average molecular weight is 509 g/mol. The van der Waals surface area contributed by atoms with Gasteiger partial charge in [0.1, 0.15) is 22.8 Å². The number of aromatic hydroxyl groups is 1. The number of ether oxygens (including phenoxy) is 1. The molecule has 1 saturated heterocycles. The summed E-state index contributed by atoms with van der Waals surface area (Å²) in [5.74, 6) is -0.801. The van der Waals surface area contributed by atoms with Crippen molar-refractivity contribution in [3.05, 3.63) is 58.3 Å². The monoisotopic (exact) mass is 508 g/mol. The van der Waals surface area contributed by atoms with Crippen molar-refractivity contribution in [2.24, 2.45) is 5.92 Å². The second-order valence-corrected chi connectivity index (χ2v) is 10.3. The molecule has 8 nitrogen and oxygen atoms in total. The number of rotatable bonds is 7. The number of hydrogen-bond donors (Lipinski definition) is 2. The molecular weight excluding hydrogens is 475 g/mol. The lowest BCUT2D eigenvalue weighted by molar-refractivity contribution is 0.0364. The molecule has 2 N–H and O–H groups in total. The Balaban J connectivity index is 1.58. The molecule has 1 aromatic carbocycles. The van der Waals surface area contributed by atoms with E-state index in [1.807, 2.05) is 6.92 Å². The van der Waals surface area contributed by atoms with Crippen molar-refractivity contribution in [2.45, 2.75) is 45.2 Å². The number of benzene rings is 1. The van der Waals surface area contributed by atoms with Gasteiger partial charge in [-0.2, -0.15) is 0 Å². The molecule has 1 aliphatic carbocycles. The van der Waals surface area contributed by atoms with Gasteiger partial charge in [-0.05, 0) is 48.9 Å². The van der Waals surface area contributed by atoms with Crippen LogP contribution in [0.3, 0.4) is 0 Å². The van der Waals surface area contributed by atoms with Crippen LogP contribution in [0.4, 0.5) is 4.39 Å². The maximum Gasteiger partial charge on any atom is 0.268 e. The van der Waals surface area contributed by atoms with Crippen molar-refractivity contribution in [3.8, 4) is 16.9 Å². The van der Waals surface area contributed by atoms with E-state index < -0.39 is 11.5 Å². The Bertz CT molecular complexity index is 1360. The first-order valence-corrected chi connectivity index (χ1v) is 12.9. The number of nitrogens with one attached hydrogen (secondary N) is 1. The number of fused-ring (bicyclic) bond motifs is 1. The van der Waals surface area contributed by atoms with Crippen LogP contribution < -0.4 is 10.9 Å². The van der Waals surface area contributed by atoms with Crippen LogP contribution in [-0.4, -0.2) is 63.9 Å². The third kappa shape index (κ3) is 4.98. The number of nitrogens with zero attached hydrogens (tertiary/aromatic N) is 3. The van der Waals surface area contributed by atoms with Crippen molar-refractivity contribution in [3.63, 3.8) is 0 Å². The molecule has 1 amide bonds. The number of aromatic nitrogens is 2. The fourth-order valence-electron chi connectivity index (χ4n) is 5.65. The largest absolute Gasteiger partial charge is 0.506 e. The average Bonchev–Trinajstić information content (AvgIpc) is 2.88. The molecule has 37 heavy (non-hydrogen) atoms. The fourth-order valence-corrected chi connectivity index (χ4v) is 5.65. The Morgan fingerprint density at radius 3 is 2.54 bits per heavy atom. The van der Waals surface area contributed by atoms with Crippen LogP contribution in [0.25, 0.3) is 22.2 Å². The minimum atomic E-state index is -0.564. The Hall–Kier alpha value is -3.30. The molecule has 3 heterocycles. The summed E-state index contributed by atoms with van der Waals surface area (Å²) in [7, 11) is 0. The highest BCUT2D eigenvalue weighted by atomic mass is 19.1. The normalized spacial score (nSPS) is 22.1. The van der Waals surface area contributed by atoms with Crippen molar-refractivity contribution in [2.75, 3.05) is 32.8 Å². The van der Waals surface area contributed by atoms with E-state index in [1.54, 1.807) is 24.4 Å². The molecule has 0 radical (unpaired) electrons. The Morgan fingerprint density at radius 2 is 1.89 bits per heavy atom. The number of carbonyl (C=O) groups excluding carboxylic acids is 1. The van der Waals surface area contributed by atoms with Gasteiger partial charge in [0.25, 0.3) is 11.5 Å². The molecule has 9 heteroatoms. The number of carbonyl (C=O) groups is 1. The van der Waals surface area contributed by atoms with Crippen LogP contribution in [0.1, 0.15) is 43.5 Å². The summed E-state index contributed by atoms with van der Waals surface area (Å²) in [5.41, 5.74) is 0.472. The first-order valence-electron chi connectivity index (χ1n) is 12.9.